The van der Waals surface area contributed by atoms with E-state index < -0.39 is 0 Å². The van der Waals surface area contributed by atoms with Crippen LogP contribution in [-0.2, 0) is 4.74 Å². The molecule has 1 heterocycles. The van der Waals surface area contributed by atoms with E-state index in [9.17, 15) is 0 Å². The van der Waals surface area contributed by atoms with Gasteiger partial charge in [0.15, 0.2) is 5.82 Å². The number of fused-ring (bicyclic) bond motifs is 6. The highest BCUT2D eigenvalue weighted by Gasteiger charge is 2.58. The molecule has 0 saturated heterocycles. The third-order valence-corrected chi connectivity index (χ3v) is 10.5. The van der Waals surface area contributed by atoms with Crippen LogP contribution in [0.2, 0.25) is 0 Å². The fourth-order valence-electron chi connectivity index (χ4n) is 8.95. The number of aromatic nitrogens is 2. The summed E-state index contributed by atoms with van der Waals surface area (Å²) in [5.74, 6) is 3.79. The fraction of sp³-hybridized carbons (Fsp3) is 0.690. The zero-order valence-corrected chi connectivity index (χ0v) is 20.9. The molecule has 0 aliphatic heterocycles. The minimum absolute atomic E-state index is 0.333. The smallest absolute Gasteiger partial charge is 0.153 e. The Bertz CT molecular complexity index is 1090. The average Bonchev–Trinajstić information content (AvgIpc) is 3.33. The minimum Gasteiger partial charge on any atom is -0.382 e. The molecule has 3 fully saturated rings. The van der Waals surface area contributed by atoms with Crippen LogP contribution in [0.3, 0.4) is 0 Å². The predicted molar refractivity (Wildman–Crippen MR) is 135 cm³/mol. The summed E-state index contributed by atoms with van der Waals surface area (Å²) < 4.78 is 6.25. The summed E-state index contributed by atoms with van der Waals surface area (Å²) in [4.78, 5) is 0. The van der Waals surface area contributed by atoms with Crippen molar-refractivity contribution in [3.8, 4) is 0 Å². The molecule has 0 radical (unpaired) electrons. The molecule has 4 aliphatic rings. The zero-order valence-electron chi connectivity index (χ0n) is 20.9. The quantitative estimate of drug-likeness (QED) is 0.499. The maximum atomic E-state index is 6.25. The highest BCUT2D eigenvalue weighted by molar-refractivity contribution is 5.89. The first-order valence-electron chi connectivity index (χ1n) is 13.4. The largest absolute Gasteiger partial charge is 0.382 e. The zero-order chi connectivity index (χ0) is 23.0. The Morgan fingerprint density at radius 3 is 2.76 bits per heavy atom. The number of nitrogens with zero attached hydrogens (tertiary/aromatic N) is 1. The van der Waals surface area contributed by atoms with E-state index in [0.29, 0.717) is 34.8 Å². The second-order valence-electron chi connectivity index (χ2n) is 12.4. The van der Waals surface area contributed by atoms with Gasteiger partial charge in [0.05, 0.1) is 17.7 Å². The molecule has 33 heavy (non-hydrogen) atoms. The van der Waals surface area contributed by atoms with Crippen molar-refractivity contribution >= 4 is 16.7 Å². The van der Waals surface area contributed by atoms with Crippen molar-refractivity contribution in [2.24, 2.45) is 28.6 Å². The summed E-state index contributed by atoms with van der Waals surface area (Å²) in [7, 11) is 0. The van der Waals surface area contributed by atoms with Crippen LogP contribution in [0.5, 0.6) is 0 Å². The SMILES string of the molecule is CC(C)O[C@H]1CC[C@@]2(C)C(=CC[C@H]3[C@@H]4CC[C@H](c5ccc6c(N)n[nH]c6c5)[C@@]4(C)CC[C@@H]32)C1. The lowest BCUT2D eigenvalue weighted by Crippen LogP contribution is -2.50. The molecule has 0 spiro atoms. The van der Waals surface area contributed by atoms with E-state index in [2.05, 4.69) is 62.2 Å². The van der Waals surface area contributed by atoms with E-state index in [1.165, 1.54) is 50.5 Å². The van der Waals surface area contributed by atoms with Crippen molar-refractivity contribution < 1.29 is 4.74 Å². The summed E-state index contributed by atoms with van der Waals surface area (Å²) >= 11 is 0. The van der Waals surface area contributed by atoms with E-state index >= 15 is 0 Å². The van der Waals surface area contributed by atoms with Crippen LogP contribution >= 0.6 is 0 Å². The monoisotopic (exact) mass is 447 g/mol. The maximum Gasteiger partial charge on any atom is 0.153 e. The number of rotatable bonds is 3. The highest BCUT2D eigenvalue weighted by atomic mass is 16.5. The van der Waals surface area contributed by atoms with Gasteiger partial charge in [0, 0.05) is 5.39 Å². The Morgan fingerprint density at radius 1 is 1.09 bits per heavy atom. The van der Waals surface area contributed by atoms with Gasteiger partial charge in [-0.25, -0.2) is 0 Å². The van der Waals surface area contributed by atoms with Crippen molar-refractivity contribution in [3.05, 3.63) is 35.4 Å². The number of hydrogen-bond donors (Lipinski definition) is 2. The molecule has 1 aromatic heterocycles. The number of aromatic amines is 1. The van der Waals surface area contributed by atoms with Gasteiger partial charge in [0.25, 0.3) is 0 Å². The van der Waals surface area contributed by atoms with Gasteiger partial charge in [0.1, 0.15) is 0 Å². The van der Waals surface area contributed by atoms with Crippen molar-refractivity contribution in [2.45, 2.75) is 97.2 Å². The molecule has 0 bridgehead atoms. The molecule has 4 aliphatic carbocycles. The normalized spacial score (nSPS) is 40.4. The molecule has 0 unspecified atom stereocenters. The lowest BCUT2D eigenvalue weighted by molar-refractivity contribution is -0.0610. The number of allylic oxidation sites excluding steroid dienone is 1. The summed E-state index contributed by atoms with van der Waals surface area (Å²) in [5, 5.41) is 8.41. The van der Waals surface area contributed by atoms with Crippen molar-refractivity contribution in [1.29, 1.82) is 0 Å². The molecular weight excluding hydrogens is 406 g/mol. The number of nitrogens with one attached hydrogen (secondary N) is 1. The lowest BCUT2D eigenvalue weighted by Gasteiger charge is -2.58. The van der Waals surface area contributed by atoms with Gasteiger partial charge in [0.2, 0.25) is 0 Å². The van der Waals surface area contributed by atoms with Crippen LogP contribution in [-0.4, -0.2) is 22.4 Å². The topological polar surface area (TPSA) is 63.9 Å². The third-order valence-electron chi connectivity index (χ3n) is 10.5. The van der Waals surface area contributed by atoms with Gasteiger partial charge in [-0.3, -0.25) is 5.10 Å². The van der Waals surface area contributed by atoms with E-state index in [4.69, 9.17) is 10.5 Å². The van der Waals surface area contributed by atoms with Crippen LogP contribution in [0.25, 0.3) is 10.9 Å². The minimum atomic E-state index is 0.333. The summed E-state index contributed by atoms with van der Waals surface area (Å²) in [6.45, 7) is 9.58. The molecule has 1 aromatic carbocycles. The number of ether oxygens (including phenoxy) is 1. The number of nitrogen functional groups attached to an aromatic ring is 1. The molecule has 4 nitrogen and oxygen atoms in total. The maximum absolute atomic E-state index is 6.25. The molecule has 3 N–H and O–H groups in total. The molecule has 4 heteroatoms. The predicted octanol–water partition coefficient (Wildman–Crippen LogP) is 6.99. The van der Waals surface area contributed by atoms with Gasteiger partial charge >= 0.3 is 0 Å². The standard InChI is InChI=1S/C29H41N3O/c1-17(2)33-20-11-13-28(3)19(16-20)6-8-21-24-10-9-23(29(24,4)14-12-25(21)28)18-5-7-22-26(15-18)31-32-27(22)30/h5-7,15,17,20-21,23-25H,8-14,16H2,1-4H3,(H3,30,31,32)/t20-,21-,23+,24-,25-,28-,29+/m0/s1. The van der Waals surface area contributed by atoms with Gasteiger partial charge in [-0.15, -0.1) is 0 Å². The van der Waals surface area contributed by atoms with Crippen LogP contribution in [0.1, 0.15) is 90.5 Å². The average molecular weight is 448 g/mol. The number of H-pyrrole nitrogens is 1. The molecule has 0 amide bonds. The molecule has 3 saturated carbocycles. The van der Waals surface area contributed by atoms with Crippen molar-refractivity contribution in [1.82, 2.24) is 10.2 Å². The van der Waals surface area contributed by atoms with E-state index in [1.807, 2.05) is 0 Å². The van der Waals surface area contributed by atoms with Crippen LogP contribution in [0, 0.1) is 28.6 Å². The first-order valence-corrected chi connectivity index (χ1v) is 13.4. The van der Waals surface area contributed by atoms with Crippen LogP contribution in [0.4, 0.5) is 5.82 Å². The second kappa shape index (κ2) is 7.60. The number of nitrogens with two attached hydrogens (primary N) is 1. The Labute approximate surface area is 198 Å². The van der Waals surface area contributed by atoms with E-state index in [1.54, 1.807) is 5.57 Å². The van der Waals surface area contributed by atoms with Crippen LogP contribution < -0.4 is 5.73 Å². The Hall–Kier alpha value is -1.81. The molecule has 2 aromatic rings. The van der Waals surface area contributed by atoms with Crippen LogP contribution in [0.15, 0.2) is 29.8 Å². The molecule has 7 atom stereocenters. The summed E-state index contributed by atoms with van der Waals surface area (Å²) in [6.07, 6.45) is 13.9. The van der Waals surface area contributed by atoms with E-state index in [-0.39, 0.29) is 0 Å². The Kier molecular flexibility index (Phi) is 5.00. The number of benzene rings is 1. The molecular formula is C29H41N3O. The Morgan fingerprint density at radius 2 is 1.94 bits per heavy atom. The first-order chi connectivity index (χ1) is 15.8. The number of anilines is 1. The molecule has 178 valence electrons. The van der Waals surface area contributed by atoms with Crippen molar-refractivity contribution in [2.75, 3.05) is 5.73 Å². The number of hydrogen-bond acceptors (Lipinski definition) is 3. The van der Waals surface area contributed by atoms with Crippen molar-refractivity contribution in [3.63, 3.8) is 0 Å². The van der Waals surface area contributed by atoms with Gasteiger partial charge in [-0.1, -0.05) is 31.6 Å². The first kappa shape index (κ1) is 21.7. The van der Waals surface area contributed by atoms with Gasteiger partial charge < -0.3 is 10.5 Å². The van der Waals surface area contributed by atoms with Gasteiger partial charge in [-0.2, -0.15) is 5.10 Å². The lowest BCUT2D eigenvalue weighted by atomic mass is 9.47. The van der Waals surface area contributed by atoms with Gasteiger partial charge in [-0.05, 0) is 117 Å². The summed E-state index contributed by atoms with van der Waals surface area (Å²) in [5.41, 5.74) is 11.1. The highest BCUT2D eigenvalue weighted by Crippen LogP contribution is 2.68. The fourth-order valence-corrected chi connectivity index (χ4v) is 8.95. The third kappa shape index (κ3) is 3.23. The van der Waals surface area contributed by atoms with E-state index in [0.717, 1.165) is 35.1 Å². The second-order valence-corrected chi connectivity index (χ2v) is 12.4. The Balaban J connectivity index is 1.27. The summed E-state index contributed by atoms with van der Waals surface area (Å²) in [6, 6.07) is 6.84. The molecule has 6 rings (SSSR count).